The predicted octanol–water partition coefficient (Wildman–Crippen LogP) is 4.82. The van der Waals surface area contributed by atoms with E-state index < -0.39 is 6.55 Å². The topological polar surface area (TPSA) is 76.6 Å². The SMILES string of the molecule is Cc1cc(/C=C/C#N)cc(C)c1Oc1nc(Cl)nc2ncn(C(F)F)c12. The van der Waals surface area contributed by atoms with Crippen LogP contribution in [-0.4, -0.2) is 19.5 Å². The standard InChI is InChI=1S/C17H12ClF2N5O/c1-9-6-11(4-3-5-21)7-10(2)13(9)26-15-12-14(23-16(18)24-15)22-8-25(12)17(19)20/h3-4,6-8,17H,1-2H3/b4-3+. The van der Waals surface area contributed by atoms with Crippen molar-refractivity contribution in [3.8, 4) is 17.7 Å². The van der Waals surface area contributed by atoms with Gasteiger partial charge in [0.25, 0.3) is 5.88 Å². The first-order valence-electron chi connectivity index (χ1n) is 7.44. The van der Waals surface area contributed by atoms with Crippen LogP contribution in [0, 0.1) is 25.2 Å². The van der Waals surface area contributed by atoms with Crippen LogP contribution in [-0.2, 0) is 0 Å². The molecule has 0 aliphatic rings. The number of hydrogen-bond acceptors (Lipinski definition) is 5. The van der Waals surface area contributed by atoms with Crippen LogP contribution in [0.5, 0.6) is 11.6 Å². The number of nitrogens with zero attached hydrogens (tertiary/aromatic N) is 5. The zero-order chi connectivity index (χ0) is 18.8. The number of imidazole rings is 1. The number of alkyl halides is 2. The molecular weight excluding hydrogens is 364 g/mol. The molecule has 0 fully saturated rings. The minimum absolute atomic E-state index is 0.0178. The number of fused-ring (bicyclic) bond motifs is 1. The van der Waals surface area contributed by atoms with E-state index in [1.165, 1.54) is 6.08 Å². The third-order valence-corrected chi connectivity index (χ3v) is 3.78. The number of halogens is 3. The van der Waals surface area contributed by atoms with Gasteiger partial charge in [-0.1, -0.05) is 0 Å². The zero-order valence-corrected chi connectivity index (χ0v) is 14.5. The molecule has 0 radical (unpaired) electrons. The Bertz CT molecular complexity index is 1030. The van der Waals surface area contributed by atoms with Gasteiger partial charge >= 0.3 is 6.55 Å². The fraction of sp³-hybridized carbons (Fsp3) is 0.176. The van der Waals surface area contributed by atoms with Crippen molar-refractivity contribution in [2.45, 2.75) is 20.4 Å². The van der Waals surface area contributed by atoms with Crippen LogP contribution >= 0.6 is 11.6 Å². The highest BCUT2D eigenvalue weighted by atomic mass is 35.5. The Labute approximate surface area is 152 Å². The highest BCUT2D eigenvalue weighted by Crippen LogP contribution is 2.34. The Kier molecular flexibility index (Phi) is 4.82. The summed E-state index contributed by atoms with van der Waals surface area (Å²) in [7, 11) is 0. The second kappa shape index (κ2) is 7.06. The molecular formula is C17H12ClF2N5O. The molecule has 26 heavy (non-hydrogen) atoms. The van der Waals surface area contributed by atoms with Gasteiger partial charge in [-0.15, -0.1) is 0 Å². The van der Waals surface area contributed by atoms with E-state index in [1.807, 2.05) is 6.07 Å². The number of aryl methyl sites for hydroxylation is 2. The number of aromatic nitrogens is 4. The van der Waals surface area contributed by atoms with Crippen molar-refractivity contribution >= 4 is 28.8 Å². The first-order chi connectivity index (χ1) is 12.4. The van der Waals surface area contributed by atoms with Crippen molar-refractivity contribution in [3.63, 3.8) is 0 Å². The van der Waals surface area contributed by atoms with E-state index in [0.717, 1.165) is 23.0 Å². The van der Waals surface area contributed by atoms with Crippen LogP contribution in [0.4, 0.5) is 8.78 Å². The summed E-state index contributed by atoms with van der Waals surface area (Å²) in [4.78, 5) is 11.6. The Hall–Kier alpha value is -3.05. The smallest absolute Gasteiger partial charge is 0.320 e. The van der Waals surface area contributed by atoms with Gasteiger partial charge in [-0.25, -0.2) is 4.98 Å². The summed E-state index contributed by atoms with van der Waals surface area (Å²) in [5, 5.41) is 8.48. The summed E-state index contributed by atoms with van der Waals surface area (Å²) in [6, 6.07) is 5.54. The number of allylic oxidation sites excluding steroid dienone is 1. The second-order valence-corrected chi connectivity index (χ2v) is 5.79. The fourth-order valence-corrected chi connectivity index (χ4v) is 2.74. The van der Waals surface area contributed by atoms with E-state index in [2.05, 4.69) is 15.0 Å². The quantitative estimate of drug-likeness (QED) is 0.482. The molecule has 2 aromatic heterocycles. The van der Waals surface area contributed by atoms with Crippen molar-refractivity contribution < 1.29 is 13.5 Å². The lowest BCUT2D eigenvalue weighted by atomic mass is 10.1. The number of benzene rings is 1. The van der Waals surface area contributed by atoms with E-state index in [0.29, 0.717) is 10.3 Å². The maximum atomic E-state index is 13.2. The minimum Gasteiger partial charge on any atom is -0.436 e. The van der Waals surface area contributed by atoms with Crippen LogP contribution in [0.1, 0.15) is 23.2 Å². The molecule has 0 amide bonds. The molecule has 0 atom stereocenters. The van der Waals surface area contributed by atoms with Gasteiger partial charge in [-0.2, -0.15) is 24.0 Å². The van der Waals surface area contributed by atoms with Crippen LogP contribution in [0.3, 0.4) is 0 Å². The highest BCUT2D eigenvalue weighted by molar-refractivity contribution is 6.28. The lowest BCUT2D eigenvalue weighted by molar-refractivity contribution is 0.0741. The molecule has 1 aromatic carbocycles. The molecule has 0 aliphatic carbocycles. The lowest BCUT2D eigenvalue weighted by Gasteiger charge is -2.13. The zero-order valence-electron chi connectivity index (χ0n) is 13.7. The molecule has 0 spiro atoms. The largest absolute Gasteiger partial charge is 0.436 e. The summed E-state index contributed by atoms with van der Waals surface area (Å²) in [5.74, 6) is 0.349. The molecule has 0 aliphatic heterocycles. The van der Waals surface area contributed by atoms with Crippen LogP contribution in [0.25, 0.3) is 17.2 Å². The van der Waals surface area contributed by atoms with Crippen molar-refractivity contribution in [2.75, 3.05) is 0 Å². The second-order valence-electron chi connectivity index (χ2n) is 5.45. The van der Waals surface area contributed by atoms with Gasteiger partial charge in [0, 0.05) is 6.08 Å². The fourth-order valence-electron chi connectivity index (χ4n) is 2.58. The Morgan fingerprint density at radius 2 is 1.96 bits per heavy atom. The average molecular weight is 376 g/mol. The third-order valence-electron chi connectivity index (χ3n) is 3.61. The molecule has 0 unspecified atom stereocenters. The molecule has 3 aromatic rings. The Morgan fingerprint density at radius 1 is 1.27 bits per heavy atom. The minimum atomic E-state index is -2.83. The Morgan fingerprint density at radius 3 is 2.58 bits per heavy atom. The van der Waals surface area contributed by atoms with Crippen molar-refractivity contribution in [1.29, 1.82) is 5.26 Å². The van der Waals surface area contributed by atoms with E-state index in [-0.39, 0.29) is 22.3 Å². The van der Waals surface area contributed by atoms with Gasteiger partial charge in [-0.3, -0.25) is 4.57 Å². The summed E-state index contributed by atoms with van der Waals surface area (Å²) in [5.41, 5.74) is 2.28. The van der Waals surface area contributed by atoms with Gasteiger partial charge in [0.1, 0.15) is 12.1 Å². The van der Waals surface area contributed by atoms with Crippen molar-refractivity contribution in [2.24, 2.45) is 0 Å². The number of hydrogen-bond donors (Lipinski definition) is 0. The van der Waals surface area contributed by atoms with Crippen molar-refractivity contribution in [1.82, 2.24) is 19.5 Å². The number of rotatable bonds is 4. The van der Waals surface area contributed by atoms with Gasteiger partial charge < -0.3 is 4.74 Å². The third kappa shape index (κ3) is 3.34. The maximum Gasteiger partial charge on any atom is 0.320 e. The average Bonchev–Trinajstić information content (AvgIpc) is 3.00. The summed E-state index contributed by atoms with van der Waals surface area (Å²) >= 11 is 5.86. The molecule has 0 saturated carbocycles. The molecule has 0 bridgehead atoms. The summed E-state index contributed by atoms with van der Waals surface area (Å²) in [6.07, 6.45) is 3.99. The van der Waals surface area contributed by atoms with Crippen LogP contribution < -0.4 is 4.74 Å². The van der Waals surface area contributed by atoms with Gasteiger partial charge in [0.15, 0.2) is 11.2 Å². The number of ether oxygens (including phenoxy) is 1. The van der Waals surface area contributed by atoms with Gasteiger partial charge in [0.2, 0.25) is 5.28 Å². The van der Waals surface area contributed by atoms with E-state index in [9.17, 15) is 8.78 Å². The molecule has 0 saturated heterocycles. The van der Waals surface area contributed by atoms with Crippen LogP contribution in [0.2, 0.25) is 5.28 Å². The molecule has 132 valence electrons. The maximum absolute atomic E-state index is 13.2. The summed E-state index contributed by atoms with van der Waals surface area (Å²) in [6.45, 7) is 0.778. The molecule has 6 nitrogen and oxygen atoms in total. The summed E-state index contributed by atoms with van der Waals surface area (Å²) < 4.78 is 32.9. The molecule has 0 N–H and O–H groups in total. The van der Waals surface area contributed by atoms with Gasteiger partial charge in [-0.05, 0) is 60.3 Å². The number of nitriles is 1. The molecule has 9 heteroatoms. The predicted molar refractivity (Wildman–Crippen MR) is 92.2 cm³/mol. The lowest BCUT2D eigenvalue weighted by Crippen LogP contribution is -2.01. The first-order valence-corrected chi connectivity index (χ1v) is 7.82. The van der Waals surface area contributed by atoms with E-state index in [4.69, 9.17) is 21.6 Å². The molecule has 2 heterocycles. The van der Waals surface area contributed by atoms with Crippen LogP contribution in [0.15, 0.2) is 24.5 Å². The Balaban J connectivity index is 2.11. The van der Waals surface area contributed by atoms with Crippen molar-refractivity contribution in [3.05, 3.63) is 46.5 Å². The van der Waals surface area contributed by atoms with E-state index in [1.54, 1.807) is 32.1 Å². The van der Waals surface area contributed by atoms with Gasteiger partial charge in [0.05, 0.1) is 6.07 Å². The highest BCUT2D eigenvalue weighted by Gasteiger charge is 2.20. The normalized spacial score (nSPS) is 11.4. The van der Waals surface area contributed by atoms with E-state index >= 15 is 0 Å². The first kappa shape index (κ1) is 17.8. The molecule has 3 rings (SSSR count). The monoisotopic (exact) mass is 375 g/mol.